The number of anilines is 3. The van der Waals surface area contributed by atoms with Crippen LogP contribution in [0.25, 0.3) is 0 Å². The maximum atomic E-state index is 5.83. The largest absolute Gasteiger partial charge is 0.489 e. The molecule has 0 saturated carbocycles. The van der Waals surface area contributed by atoms with Gasteiger partial charge in [0.05, 0.1) is 0 Å². The van der Waals surface area contributed by atoms with Gasteiger partial charge in [0, 0.05) is 24.0 Å². The molecule has 0 saturated heterocycles. The lowest BCUT2D eigenvalue weighted by atomic mass is 10.2. The predicted octanol–water partition coefficient (Wildman–Crippen LogP) is 5.71. The molecule has 5 heteroatoms. The van der Waals surface area contributed by atoms with Crippen LogP contribution in [0.3, 0.4) is 0 Å². The number of ether oxygens (including phenoxy) is 1. The maximum Gasteiger partial charge on any atom is 0.229 e. The lowest BCUT2D eigenvalue weighted by Gasteiger charge is -2.11. The summed E-state index contributed by atoms with van der Waals surface area (Å²) in [6.45, 7) is 5.66. The van der Waals surface area contributed by atoms with Gasteiger partial charge >= 0.3 is 0 Å². The smallest absolute Gasteiger partial charge is 0.229 e. The van der Waals surface area contributed by atoms with Crippen LogP contribution in [0.15, 0.2) is 60.7 Å². The summed E-state index contributed by atoms with van der Waals surface area (Å²) in [5, 5.41) is 6.65. The molecule has 1 heterocycles. The van der Waals surface area contributed by atoms with Gasteiger partial charge in [-0.15, -0.1) is 0 Å². The first-order chi connectivity index (χ1) is 13.7. The fraction of sp³-hybridized carbons (Fsp3) is 0.304. The number of nitrogens with zero attached hydrogens (tertiary/aromatic N) is 2. The van der Waals surface area contributed by atoms with E-state index < -0.39 is 0 Å². The molecule has 0 fully saturated rings. The van der Waals surface area contributed by atoms with Crippen LogP contribution in [-0.4, -0.2) is 16.5 Å². The Morgan fingerprint density at radius 2 is 1.71 bits per heavy atom. The molecular weight excluding hydrogens is 348 g/mol. The Kier molecular flexibility index (Phi) is 7.24. The monoisotopic (exact) mass is 376 g/mol. The molecule has 5 nitrogen and oxygen atoms in total. The molecule has 28 heavy (non-hydrogen) atoms. The van der Waals surface area contributed by atoms with E-state index >= 15 is 0 Å². The molecule has 0 bridgehead atoms. The van der Waals surface area contributed by atoms with Gasteiger partial charge in [0.1, 0.15) is 18.2 Å². The number of aromatic nitrogens is 2. The van der Waals surface area contributed by atoms with Gasteiger partial charge in [-0.05, 0) is 43.2 Å². The normalized spacial score (nSPS) is 10.5. The van der Waals surface area contributed by atoms with Crippen LogP contribution in [0.2, 0.25) is 0 Å². The molecule has 0 aliphatic rings. The fourth-order valence-corrected chi connectivity index (χ4v) is 2.81. The van der Waals surface area contributed by atoms with E-state index in [4.69, 9.17) is 4.74 Å². The van der Waals surface area contributed by atoms with Gasteiger partial charge in [-0.1, -0.05) is 50.1 Å². The summed E-state index contributed by atoms with van der Waals surface area (Å²) in [4.78, 5) is 9.04. The summed E-state index contributed by atoms with van der Waals surface area (Å²) in [6, 6.07) is 20.0. The van der Waals surface area contributed by atoms with Crippen LogP contribution in [0.4, 0.5) is 17.5 Å². The Morgan fingerprint density at radius 1 is 0.929 bits per heavy atom. The van der Waals surface area contributed by atoms with E-state index in [0.717, 1.165) is 41.5 Å². The molecule has 0 aliphatic heterocycles. The minimum absolute atomic E-state index is 0.557. The highest BCUT2D eigenvalue weighted by atomic mass is 16.5. The average molecular weight is 377 g/mol. The van der Waals surface area contributed by atoms with E-state index in [-0.39, 0.29) is 0 Å². The average Bonchev–Trinajstić information content (AvgIpc) is 2.71. The number of rotatable bonds is 10. The van der Waals surface area contributed by atoms with Gasteiger partial charge in [0.2, 0.25) is 5.95 Å². The zero-order chi connectivity index (χ0) is 19.6. The van der Waals surface area contributed by atoms with Crippen LogP contribution in [0.1, 0.15) is 37.4 Å². The maximum absolute atomic E-state index is 5.83. The second-order valence-electron chi connectivity index (χ2n) is 6.78. The summed E-state index contributed by atoms with van der Waals surface area (Å²) < 4.78 is 5.83. The zero-order valence-electron chi connectivity index (χ0n) is 16.6. The van der Waals surface area contributed by atoms with Crippen molar-refractivity contribution in [3.05, 3.63) is 71.9 Å². The molecule has 0 radical (unpaired) electrons. The van der Waals surface area contributed by atoms with Crippen LogP contribution in [-0.2, 0) is 6.61 Å². The molecular formula is C23H28N4O. The molecule has 3 aromatic rings. The predicted molar refractivity (Wildman–Crippen MR) is 115 cm³/mol. The number of aryl methyl sites for hydroxylation is 1. The second kappa shape index (κ2) is 10.3. The topological polar surface area (TPSA) is 59.1 Å². The van der Waals surface area contributed by atoms with E-state index in [0.29, 0.717) is 12.6 Å². The number of unbranched alkanes of at least 4 members (excludes halogenated alkanes) is 2. The summed E-state index contributed by atoms with van der Waals surface area (Å²) in [6.07, 6.45) is 3.58. The molecule has 0 aliphatic carbocycles. The number of hydrogen-bond donors (Lipinski definition) is 2. The molecule has 0 spiro atoms. The SMILES string of the molecule is CCCCCNc1cc(C)nc(Nc2ccc(OCc3ccccc3)cc2)n1. The Balaban J connectivity index is 1.56. The van der Waals surface area contributed by atoms with Crippen LogP contribution in [0, 0.1) is 6.92 Å². The fourth-order valence-electron chi connectivity index (χ4n) is 2.81. The van der Waals surface area contributed by atoms with Crippen LogP contribution in [0.5, 0.6) is 5.75 Å². The minimum Gasteiger partial charge on any atom is -0.489 e. The van der Waals surface area contributed by atoms with E-state index in [1.807, 2.05) is 55.5 Å². The van der Waals surface area contributed by atoms with Crippen molar-refractivity contribution in [2.24, 2.45) is 0 Å². The third-order valence-corrected chi connectivity index (χ3v) is 4.30. The van der Waals surface area contributed by atoms with E-state index in [1.54, 1.807) is 0 Å². The van der Waals surface area contributed by atoms with Gasteiger partial charge in [0.15, 0.2) is 0 Å². The van der Waals surface area contributed by atoms with Crippen molar-refractivity contribution < 1.29 is 4.74 Å². The van der Waals surface area contributed by atoms with Gasteiger partial charge in [-0.3, -0.25) is 0 Å². The first-order valence-corrected chi connectivity index (χ1v) is 9.86. The van der Waals surface area contributed by atoms with Gasteiger partial charge in [0.25, 0.3) is 0 Å². The highest BCUT2D eigenvalue weighted by Gasteiger charge is 2.04. The van der Waals surface area contributed by atoms with Gasteiger partial charge < -0.3 is 15.4 Å². The lowest BCUT2D eigenvalue weighted by Crippen LogP contribution is -2.06. The zero-order valence-corrected chi connectivity index (χ0v) is 16.6. The molecule has 146 valence electrons. The Hall–Kier alpha value is -3.08. The van der Waals surface area contributed by atoms with Crippen molar-refractivity contribution in [2.45, 2.75) is 39.7 Å². The standard InChI is InChI=1S/C23H28N4O/c1-3-4-8-15-24-22-16-18(2)25-23(27-22)26-20-11-13-21(14-12-20)28-17-19-9-6-5-7-10-19/h5-7,9-14,16H,3-4,8,15,17H2,1-2H3,(H2,24,25,26,27). The van der Waals surface area contributed by atoms with Crippen molar-refractivity contribution in [3.8, 4) is 5.75 Å². The molecule has 0 atom stereocenters. The van der Waals surface area contributed by atoms with Crippen LogP contribution >= 0.6 is 0 Å². The number of benzene rings is 2. The molecule has 0 unspecified atom stereocenters. The highest BCUT2D eigenvalue weighted by Crippen LogP contribution is 2.20. The van der Waals surface area contributed by atoms with Crippen molar-refractivity contribution >= 4 is 17.5 Å². The van der Waals surface area contributed by atoms with E-state index in [1.165, 1.54) is 12.8 Å². The Morgan fingerprint density at radius 3 is 2.46 bits per heavy atom. The first kappa shape index (κ1) is 19.7. The summed E-state index contributed by atoms with van der Waals surface area (Å²) in [7, 11) is 0. The molecule has 3 rings (SSSR count). The molecule has 2 aromatic carbocycles. The summed E-state index contributed by atoms with van der Waals surface area (Å²) in [5.41, 5.74) is 3.00. The summed E-state index contributed by atoms with van der Waals surface area (Å²) >= 11 is 0. The van der Waals surface area contributed by atoms with Gasteiger partial charge in [-0.2, -0.15) is 4.98 Å². The quantitative estimate of drug-likeness (QED) is 0.444. The van der Waals surface area contributed by atoms with Crippen molar-refractivity contribution in [2.75, 3.05) is 17.2 Å². The number of hydrogen-bond acceptors (Lipinski definition) is 5. The third kappa shape index (κ3) is 6.27. The van der Waals surface area contributed by atoms with Gasteiger partial charge in [-0.25, -0.2) is 4.98 Å². The van der Waals surface area contributed by atoms with E-state index in [9.17, 15) is 0 Å². The van der Waals surface area contributed by atoms with Crippen LogP contribution < -0.4 is 15.4 Å². The summed E-state index contributed by atoms with van der Waals surface area (Å²) in [5.74, 6) is 2.28. The third-order valence-electron chi connectivity index (χ3n) is 4.30. The first-order valence-electron chi connectivity index (χ1n) is 9.86. The second-order valence-corrected chi connectivity index (χ2v) is 6.78. The van der Waals surface area contributed by atoms with Crippen molar-refractivity contribution in [1.82, 2.24) is 9.97 Å². The highest BCUT2D eigenvalue weighted by molar-refractivity contribution is 5.56. The Bertz CT molecular complexity index is 850. The van der Waals surface area contributed by atoms with Crippen molar-refractivity contribution in [1.29, 1.82) is 0 Å². The van der Waals surface area contributed by atoms with E-state index in [2.05, 4.69) is 39.7 Å². The molecule has 2 N–H and O–H groups in total. The number of nitrogens with one attached hydrogen (secondary N) is 2. The van der Waals surface area contributed by atoms with Crippen molar-refractivity contribution in [3.63, 3.8) is 0 Å². The Labute approximate surface area is 167 Å². The minimum atomic E-state index is 0.557. The molecule has 1 aromatic heterocycles. The lowest BCUT2D eigenvalue weighted by molar-refractivity contribution is 0.306. The molecule has 0 amide bonds.